The number of pyridine rings is 1. The van der Waals surface area contributed by atoms with Gasteiger partial charge in [0.1, 0.15) is 0 Å². The van der Waals surface area contributed by atoms with E-state index in [9.17, 15) is 9.59 Å². The molecule has 0 aliphatic carbocycles. The van der Waals surface area contributed by atoms with Crippen molar-refractivity contribution in [1.29, 1.82) is 0 Å². The summed E-state index contributed by atoms with van der Waals surface area (Å²) in [6.45, 7) is 7.60. The molecule has 0 aliphatic heterocycles. The lowest BCUT2D eigenvalue weighted by Gasteiger charge is -2.14. The summed E-state index contributed by atoms with van der Waals surface area (Å²) < 4.78 is 1.34. The average molecular weight is 321 g/mol. The van der Waals surface area contributed by atoms with Gasteiger partial charge in [-0.1, -0.05) is 0 Å². The Morgan fingerprint density at radius 3 is 2.68 bits per heavy atom. The molecule has 118 valence electrons. The van der Waals surface area contributed by atoms with E-state index in [-0.39, 0.29) is 5.56 Å². The van der Waals surface area contributed by atoms with Crippen molar-refractivity contribution in [3.05, 3.63) is 49.3 Å². The molecule has 0 aromatic carbocycles. The number of rotatable bonds is 5. The summed E-state index contributed by atoms with van der Waals surface area (Å²) in [6.07, 6.45) is 1.62. The molecule has 0 fully saturated rings. The van der Waals surface area contributed by atoms with Crippen molar-refractivity contribution in [2.75, 3.05) is 5.43 Å². The number of carbonyl (C=O) groups is 1. The number of aliphatic carboxylic acids is 1. The first-order valence-electron chi connectivity index (χ1n) is 6.93. The summed E-state index contributed by atoms with van der Waals surface area (Å²) in [5.41, 5.74) is 4.63. The van der Waals surface area contributed by atoms with Crippen LogP contribution in [0.15, 0.2) is 17.1 Å². The summed E-state index contributed by atoms with van der Waals surface area (Å²) in [4.78, 5) is 29.0. The van der Waals surface area contributed by atoms with Crippen LogP contribution in [0, 0.1) is 20.8 Å². The largest absolute Gasteiger partial charge is 0.481 e. The number of aryl methyl sites for hydroxylation is 3. The lowest BCUT2D eigenvalue weighted by atomic mass is 9.99. The number of nitrogens with zero attached hydrogens (tertiary/aromatic N) is 2. The standard InChI is InChI=1S/C15H19N3O3S/c1-8-5-6-18(14(19)13(8)9(2)15(20)21)16-7-12-10(3)17-11(4)22-12/h5-6,9,16H,7H2,1-4H3,(H,20,21). The second-order valence-electron chi connectivity index (χ2n) is 5.22. The minimum atomic E-state index is -1.01. The van der Waals surface area contributed by atoms with Gasteiger partial charge in [-0.2, -0.15) is 0 Å². The van der Waals surface area contributed by atoms with E-state index in [4.69, 9.17) is 5.11 Å². The highest BCUT2D eigenvalue weighted by Crippen LogP contribution is 2.17. The van der Waals surface area contributed by atoms with Crippen molar-refractivity contribution in [3.8, 4) is 0 Å². The molecular formula is C15H19N3O3S. The third-order valence-corrected chi connectivity index (χ3v) is 4.63. The smallest absolute Gasteiger partial charge is 0.310 e. The van der Waals surface area contributed by atoms with Crippen molar-refractivity contribution < 1.29 is 9.90 Å². The number of aromatic nitrogens is 2. The van der Waals surface area contributed by atoms with Gasteiger partial charge in [0.15, 0.2) is 0 Å². The van der Waals surface area contributed by atoms with Gasteiger partial charge in [-0.25, -0.2) is 9.66 Å². The number of hydrogen-bond acceptors (Lipinski definition) is 5. The Morgan fingerprint density at radius 2 is 2.14 bits per heavy atom. The normalized spacial score (nSPS) is 12.2. The van der Waals surface area contributed by atoms with Crippen LogP contribution in [-0.2, 0) is 11.3 Å². The van der Waals surface area contributed by atoms with Gasteiger partial charge < -0.3 is 10.5 Å². The maximum Gasteiger partial charge on any atom is 0.310 e. The van der Waals surface area contributed by atoms with Gasteiger partial charge in [0.25, 0.3) is 5.56 Å². The molecule has 2 aromatic heterocycles. The number of carboxylic acids is 1. The molecule has 0 aliphatic rings. The number of carboxylic acid groups (broad SMARTS) is 1. The second-order valence-corrected chi connectivity index (χ2v) is 6.51. The molecule has 0 saturated heterocycles. The number of nitrogens with one attached hydrogen (secondary N) is 1. The molecule has 0 bridgehead atoms. The lowest BCUT2D eigenvalue weighted by Crippen LogP contribution is -2.33. The van der Waals surface area contributed by atoms with Crippen molar-refractivity contribution >= 4 is 17.3 Å². The quantitative estimate of drug-likeness (QED) is 0.881. The molecule has 2 aromatic rings. The molecule has 0 amide bonds. The van der Waals surface area contributed by atoms with Crippen LogP contribution in [0.25, 0.3) is 0 Å². The fourth-order valence-electron chi connectivity index (χ4n) is 2.31. The van der Waals surface area contributed by atoms with Crippen LogP contribution in [0.5, 0.6) is 0 Å². The van der Waals surface area contributed by atoms with E-state index in [0.29, 0.717) is 17.7 Å². The second kappa shape index (κ2) is 6.31. The highest BCUT2D eigenvalue weighted by molar-refractivity contribution is 7.11. The Labute approximate surface area is 132 Å². The number of thiazole rings is 1. The number of hydrogen-bond donors (Lipinski definition) is 2. The zero-order valence-electron chi connectivity index (χ0n) is 13.0. The topological polar surface area (TPSA) is 84.2 Å². The van der Waals surface area contributed by atoms with Crippen molar-refractivity contribution in [2.45, 2.75) is 40.2 Å². The van der Waals surface area contributed by atoms with Crippen LogP contribution in [0.4, 0.5) is 0 Å². The van der Waals surface area contributed by atoms with E-state index < -0.39 is 11.9 Å². The van der Waals surface area contributed by atoms with E-state index >= 15 is 0 Å². The molecule has 6 nitrogen and oxygen atoms in total. The minimum absolute atomic E-state index is 0.305. The molecule has 2 heterocycles. The van der Waals surface area contributed by atoms with E-state index in [1.54, 1.807) is 30.5 Å². The Morgan fingerprint density at radius 1 is 1.45 bits per heavy atom. The summed E-state index contributed by atoms with van der Waals surface area (Å²) >= 11 is 1.57. The average Bonchev–Trinajstić information content (AvgIpc) is 2.76. The van der Waals surface area contributed by atoms with Gasteiger partial charge in [-0.3, -0.25) is 9.59 Å². The molecule has 0 spiro atoms. The third-order valence-electron chi connectivity index (χ3n) is 3.56. The van der Waals surface area contributed by atoms with Crippen LogP contribution >= 0.6 is 11.3 Å². The van der Waals surface area contributed by atoms with Crippen LogP contribution in [0.1, 0.15) is 39.5 Å². The lowest BCUT2D eigenvalue weighted by molar-refractivity contribution is -0.138. The zero-order chi connectivity index (χ0) is 16.4. The summed E-state index contributed by atoms with van der Waals surface area (Å²) in [6, 6.07) is 1.74. The zero-order valence-corrected chi connectivity index (χ0v) is 13.8. The fraction of sp³-hybridized carbons (Fsp3) is 0.400. The maximum atomic E-state index is 12.5. The summed E-state index contributed by atoms with van der Waals surface area (Å²) in [5, 5.41) is 10.1. The Kier molecular flexibility index (Phi) is 4.65. The van der Waals surface area contributed by atoms with E-state index in [0.717, 1.165) is 15.6 Å². The van der Waals surface area contributed by atoms with Gasteiger partial charge in [0.05, 0.1) is 23.2 Å². The minimum Gasteiger partial charge on any atom is -0.481 e. The van der Waals surface area contributed by atoms with Crippen LogP contribution < -0.4 is 11.0 Å². The van der Waals surface area contributed by atoms with Crippen LogP contribution in [0.2, 0.25) is 0 Å². The van der Waals surface area contributed by atoms with Gasteiger partial charge in [-0.15, -0.1) is 11.3 Å². The molecule has 2 N–H and O–H groups in total. The molecule has 7 heteroatoms. The molecule has 2 rings (SSSR count). The van der Waals surface area contributed by atoms with Crippen molar-refractivity contribution in [2.24, 2.45) is 0 Å². The fourth-order valence-corrected chi connectivity index (χ4v) is 3.18. The molecule has 0 saturated carbocycles. The molecule has 0 radical (unpaired) electrons. The van der Waals surface area contributed by atoms with E-state index in [1.165, 1.54) is 11.6 Å². The first kappa shape index (κ1) is 16.2. The van der Waals surface area contributed by atoms with Gasteiger partial charge in [0, 0.05) is 16.6 Å². The first-order valence-corrected chi connectivity index (χ1v) is 7.74. The SMILES string of the molecule is Cc1nc(C)c(CNn2ccc(C)c(C(C)C(=O)O)c2=O)s1. The van der Waals surface area contributed by atoms with Gasteiger partial charge in [0.2, 0.25) is 0 Å². The third kappa shape index (κ3) is 3.19. The highest BCUT2D eigenvalue weighted by Gasteiger charge is 2.20. The summed E-state index contributed by atoms with van der Waals surface area (Å²) in [7, 11) is 0. The highest BCUT2D eigenvalue weighted by atomic mass is 32.1. The van der Waals surface area contributed by atoms with E-state index in [2.05, 4.69) is 10.4 Å². The molecule has 1 unspecified atom stereocenters. The first-order chi connectivity index (χ1) is 10.3. The monoisotopic (exact) mass is 321 g/mol. The van der Waals surface area contributed by atoms with Crippen molar-refractivity contribution in [1.82, 2.24) is 9.66 Å². The molecule has 22 heavy (non-hydrogen) atoms. The predicted octanol–water partition coefficient (Wildman–Crippen LogP) is 2.16. The van der Waals surface area contributed by atoms with Gasteiger partial charge in [-0.05, 0) is 39.3 Å². The van der Waals surface area contributed by atoms with E-state index in [1.807, 2.05) is 13.8 Å². The predicted molar refractivity (Wildman–Crippen MR) is 86.1 cm³/mol. The maximum absolute atomic E-state index is 12.5. The Balaban J connectivity index is 2.29. The van der Waals surface area contributed by atoms with Gasteiger partial charge >= 0.3 is 5.97 Å². The summed E-state index contributed by atoms with van der Waals surface area (Å²) in [5.74, 6) is -1.85. The Hall–Kier alpha value is -2.15. The van der Waals surface area contributed by atoms with Crippen LogP contribution in [-0.4, -0.2) is 20.7 Å². The van der Waals surface area contributed by atoms with Crippen molar-refractivity contribution in [3.63, 3.8) is 0 Å². The molecular weight excluding hydrogens is 302 g/mol. The Bertz CT molecular complexity index is 764. The van der Waals surface area contributed by atoms with Crippen LogP contribution in [0.3, 0.4) is 0 Å². The molecule has 1 atom stereocenters.